The molecule has 0 spiro atoms. The number of rotatable bonds is 11. The van der Waals surface area contributed by atoms with Crippen molar-refractivity contribution in [3.63, 3.8) is 0 Å². The fraction of sp³-hybridized carbons (Fsp3) is 0.621. The van der Waals surface area contributed by atoms with Crippen LogP contribution in [0.25, 0.3) is 0 Å². The number of benzene rings is 1. The van der Waals surface area contributed by atoms with Crippen LogP contribution in [0.5, 0.6) is 0 Å². The number of hydrogen-bond acceptors (Lipinski definition) is 5. The summed E-state index contributed by atoms with van der Waals surface area (Å²) in [5.41, 5.74) is 2.82. The number of likely N-dealkylation sites (N-methyl/N-ethyl adjacent to an activating group) is 2. The minimum atomic E-state index is -0.748. The predicted octanol–water partition coefficient (Wildman–Crippen LogP) is 4.06. The first-order chi connectivity index (χ1) is 16.6. The van der Waals surface area contributed by atoms with E-state index in [9.17, 15) is 14.4 Å². The van der Waals surface area contributed by atoms with E-state index in [2.05, 4.69) is 56.5 Å². The Hall–Kier alpha value is -2.67. The summed E-state index contributed by atoms with van der Waals surface area (Å²) in [5.74, 6) is -0.842. The second kappa shape index (κ2) is 13.0. The molecule has 2 unspecified atom stereocenters. The Morgan fingerprint density at radius 3 is 2.03 bits per heavy atom. The van der Waals surface area contributed by atoms with Gasteiger partial charge in [0.05, 0.1) is 12.6 Å². The quantitative estimate of drug-likeness (QED) is 0.353. The molecule has 2 N–H and O–H groups in total. The summed E-state index contributed by atoms with van der Waals surface area (Å²) in [6.45, 7) is 18.0. The maximum Gasteiger partial charge on any atom is 0.333 e. The largest absolute Gasteiger partial charge is 0.463 e. The van der Waals surface area contributed by atoms with Gasteiger partial charge in [-0.15, -0.1) is 0 Å². The molecule has 0 bridgehead atoms. The van der Waals surface area contributed by atoms with Crippen LogP contribution >= 0.6 is 0 Å². The van der Waals surface area contributed by atoms with Gasteiger partial charge in [-0.3, -0.25) is 9.59 Å². The Kier molecular flexibility index (Phi) is 11.4. The van der Waals surface area contributed by atoms with Crippen molar-refractivity contribution in [2.24, 2.45) is 5.41 Å². The third-order valence-corrected chi connectivity index (χ3v) is 6.85. The van der Waals surface area contributed by atoms with Crippen LogP contribution in [0.1, 0.15) is 71.6 Å². The van der Waals surface area contributed by atoms with Crippen molar-refractivity contribution in [1.29, 1.82) is 0 Å². The van der Waals surface area contributed by atoms with Crippen LogP contribution in [0.15, 0.2) is 29.8 Å². The van der Waals surface area contributed by atoms with Gasteiger partial charge in [0.25, 0.3) is 0 Å². The van der Waals surface area contributed by atoms with Crippen molar-refractivity contribution in [1.82, 2.24) is 15.5 Å². The first-order valence-electron chi connectivity index (χ1n) is 12.8. The molecule has 0 radical (unpaired) electrons. The Morgan fingerprint density at radius 1 is 1.03 bits per heavy atom. The van der Waals surface area contributed by atoms with Crippen molar-refractivity contribution in [3.8, 4) is 0 Å². The standard InChI is InChI=1S/C29H47N3O4/c1-12-29(9,22-17-19(3)16-20(4)18-22)23(30-10)25(33)31-24(28(6,7)8)26(34)32(11)15-14-21(5)27(35)36-13-2/h14,16-18,23-24,30H,12-13,15H2,1-11H3,(H,31,33)/b21-14+/t23-,24?,29?/m1/s1. The van der Waals surface area contributed by atoms with Gasteiger partial charge >= 0.3 is 5.97 Å². The molecule has 0 saturated carbocycles. The average Bonchev–Trinajstić information content (AvgIpc) is 2.79. The molecule has 2 amide bonds. The summed E-state index contributed by atoms with van der Waals surface area (Å²) in [4.78, 5) is 40.6. The summed E-state index contributed by atoms with van der Waals surface area (Å²) in [6, 6.07) is 5.09. The Balaban J connectivity index is 3.22. The lowest BCUT2D eigenvalue weighted by Crippen LogP contribution is -2.61. The SMILES string of the molecule is CCOC(=O)/C(C)=C/CN(C)C(=O)C(NC(=O)[C@@H](NC)C(C)(CC)c1cc(C)cc(C)c1)C(C)(C)C. The fourth-order valence-corrected chi connectivity index (χ4v) is 4.41. The van der Waals surface area contributed by atoms with Crippen LogP contribution < -0.4 is 10.6 Å². The minimum absolute atomic E-state index is 0.219. The lowest BCUT2D eigenvalue weighted by molar-refractivity contribution is -0.139. The van der Waals surface area contributed by atoms with Crippen LogP contribution in [0.4, 0.5) is 0 Å². The molecule has 1 rings (SSSR count). The molecular formula is C29H47N3O4. The predicted molar refractivity (Wildman–Crippen MR) is 146 cm³/mol. The third kappa shape index (κ3) is 7.92. The molecule has 7 nitrogen and oxygen atoms in total. The van der Waals surface area contributed by atoms with Gasteiger partial charge in [-0.25, -0.2) is 4.79 Å². The molecule has 0 aromatic heterocycles. The highest BCUT2D eigenvalue weighted by atomic mass is 16.5. The Bertz CT molecular complexity index is 944. The molecule has 0 aliphatic carbocycles. The number of nitrogens with zero attached hydrogens (tertiary/aromatic N) is 1. The van der Waals surface area contributed by atoms with E-state index in [0.29, 0.717) is 12.2 Å². The Labute approximate surface area is 218 Å². The summed E-state index contributed by atoms with van der Waals surface area (Å²) in [7, 11) is 3.45. The summed E-state index contributed by atoms with van der Waals surface area (Å²) >= 11 is 0. The van der Waals surface area contributed by atoms with Crippen LogP contribution in [-0.4, -0.2) is 62.0 Å². The number of nitrogens with one attached hydrogen (secondary N) is 2. The van der Waals surface area contributed by atoms with E-state index >= 15 is 0 Å². The number of carbonyl (C=O) groups is 3. The molecule has 0 saturated heterocycles. The maximum absolute atomic E-state index is 13.7. The number of esters is 1. The second-order valence-corrected chi connectivity index (χ2v) is 11.0. The topological polar surface area (TPSA) is 87.7 Å². The molecule has 7 heteroatoms. The van der Waals surface area contributed by atoms with E-state index in [-0.39, 0.29) is 18.4 Å². The van der Waals surface area contributed by atoms with Crippen LogP contribution in [0, 0.1) is 19.3 Å². The zero-order chi connectivity index (χ0) is 27.8. The van der Waals surface area contributed by atoms with Gasteiger partial charge < -0.3 is 20.3 Å². The monoisotopic (exact) mass is 501 g/mol. The van der Waals surface area contributed by atoms with E-state index in [4.69, 9.17) is 4.74 Å². The Morgan fingerprint density at radius 2 is 1.58 bits per heavy atom. The van der Waals surface area contributed by atoms with E-state index in [1.54, 1.807) is 34.0 Å². The van der Waals surface area contributed by atoms with Crippen molar-refractivity contribution in [3.05, 3.63) is 46.5 Å². The molecule has 0 aliphatic rings. The van der Waals surface area contributed by atoms with Gasteiger partial charge in [0, 0.05) is 24.6 Å². The number of aryl methyl sites for hydroxylation is 2. The van der Waals surface area contributed by atoms with E-state index < -0.39 is 28.9 Å². The highest BCUT2D eigenvalue weighted by molar-refractivity contribution is 5.91. The molecule has 3 atom stereocenters. The van der Waals surface area contributed by atoms with Gasteiger partial charge in [-0.05, 0) is 52.1 Å². The van der Waals surface area contributed by atoms with Gasteiger partial charge in [0.15, 0.2) is 0 Å². The molecule has 0 heterocycles. The van der Waals surface area contributed by atoms with Crippen molar-refractivity contribution in [2.45, 2.75) is 86.2 Å². The van der Waals surface area contributed by atoms with Crippen LogP contribution in [0.3, 0.4) is 0 Å². The molecule has 1 aromatic carbocycles. The first-order valence-corrected chi connectivity index (χ1v) is 12.8. The molecule has 0 fully saturated rings. The van der Waals surface area contributed by atoms with Crippen molar-refractivity contribution >= 4 is 17.8 Å². The van der Waals surface area contributed by atoms with E-state index in [1.807, 2.05) is 20.8 Å². The van der Waals surface area contributed by atoms with Gasteiger partial charge in [-0.1, -0.05) is 70.0 Å². The number of amides is 2. The lowest BCUT2D eigenvalue weighted by atomic mass is 9.72. The second-order valence-electron chi connectivity index (χ2n) is 11.0. The average molecular weight is 502 g/mol. The molecule has 36 heavy (non-hydrogen) atoms. The van der Waals surface area contributed by atoms with Crippen LogP contribution in [-0.2, 0) is 24.5 Å². The number of ether oxygens (including phenoxy) is 1. The van der Waals surface area contributed by atoms with Gasteiger partial charge in [-0.2, -0.15) is 0 Å². The van der Waals surface area contributed by atoms with Crippen molar-refractivity contribution < 1.29 is 19.1 Å². The zero-order valence-corrected chi connectivity index (χ0v) is 24.2. The summed E-state index contributed by atoms with van der Waals surface area (Å²) in [5, 5.41) is 6.28. The highest BCUT2D eigenvalue weighted by Crippen LogP contribution is 2.33. The minimum Gasteiger partial charge on any atom is -0.463 e. The van der Waals surface area contributed by atoms with Gasteiger partial charge in [0.2, 0.25) is 11.8 Å². The third-order valence-electron chi connectivity index (χ3n) is 6.85. The van der Waals surface area contributed by atoms with Gasteiger partial charge in [0.1, 0.15) is 6.04 Å². The summed E-state index contributed by atoms with van der Waals surface area (Å²) < 4.78 is 5.01. The lowest BCUT2D eigenvalue weighted by Gasteiger charge is -2.39. The molecule has 202 valence electrons. The molecular weight excluding hydrogens is 454 g/mol. The van der Waals surface area contributed by atoms with Crippen LogP contribution in [0.2, 0.25) is 0 Å². The maximum atomic E-state index is 13.7. The molecule has 0 aliphatic heterocycles. The fourth-order valence-electron chi connectivity index (χ4n) is 4.41. The zero-order valence-electron chi connectivity index (χ0n) is 24.2. The summed E-state index contributed by atoms with van der Waals surface area (Å²) in [6.07, 6.45) is 2.41. The smallest absolute Gasteiger partial charge is 0.333 e. The number of hydrogen-bond donors (Lipinski definition) is 2. The van der Waals surface area contributed by atoms with E-state index in [0.717, 1.165) is 23.1 Å². The molecule has 1 aromatic rings. The van der Waals surface area contributed by atoms with E-state index in [1.165, 1.54) is 4.90 Å². The number of carbonyl (C=O) groups excluding carboxylic acids is 3. The first kappa shape index (κ1) is 31.4. The van der Waals surface area contributed by atoms with Crippen molar-refractivity contribution in [2.75, 3.05) is 27.2 Å². The highest BCUT2D eigenvalue weighted by Gasteiger charge is 2.42. The normalized spacial score (nSPS) is 15.5.